The molecule has 5 aromatic rings. The number of aromatic nitrogens is 5. The first-order valence-electron chi connectivity index (χ1n) is 9.67. The standard InChI is InChI=1S/C24H17N5O2/c30-22(17-6-8-20-21(14-17)27-24(31)26-20)9-7-18-15-29(19-4-2-1-3-5-19)28-23(18)16-10-12-25-13-11-16/h1-15H,(H2,26,27,31)/b9-7+. The fourth-order valence-electron chi connectivity index (χ4n) is 3.40. The van der Waals surface area contributed by atoms with E-state index in [-0.39, 0.29) is 11.5 Å². The molecular formula is C24H17N5O2. The summed E-state index contributed by atoms with van der Waals surface area (Å²) in [6.45, 7) is 0. The second kappa shape index (κ2) is 7.72. The molecule has 0 radical (unpaired) electrons. The Morgan fingerprint density at radius 3 is 2.52 bits per heavy atom. The van der Waals surface area contributed by atoms with E-state index in [2.05, 4.69) is 15.0 Å². The van der Waals surface area contributed by atoms with Gasteiger partial charge in [0.25, 0.3) is 0 Å². The van der Waals surface area contributed by atoms with Gasteiger partial charge in [-0.2, -0.15) is 5.10 Å². The van der Waals surface area contributed by atoms with Crippen molar-refractivity contribution in [3.05, 3.63) is 107 Å². The first kappa shape index (κ1) is 18.5. The molecule has 0 bridgehead atoms. The van der Waals surface area contributed by atoms with Crippen LogP contribution in [-0.4, -0.2) is 30.5 Å². The van der Waals surface area contributed by atoms with Crippen LogP contribution in [0.2, 0.25) is 0 Å². The van der Waals surface area contributed by atoms with Crippen LogP contribution in [0.1, 0.15) is 15.9 Å². The lowest BCUT2D eigenvalue weighted by atomic mass is 10.1. The van der Waals surface area contributed by atoms with Crippen LogP contribution in [-0.2, 0) is 0 Å². The number of para-hydroxylation sites is 1. The Labute approximate surface area is 176 Å². The average Bonchev–Trinajstić information content (AvgIpc) is 3.40. The minimum absolute atomic E-state index is 0.169. The zero-order valence-electron chi connectivity index (χ0n) is 16.3. The third-order valence-corrected chi connectivity index (χ3v) is 4.93. The van der Waals surface area contributed by atoms with Gasteiger partial charge in [-0.1, -0.05) is 18.2 Å². The van der Waals surface area contributed by atoms with Gasteiger partial charge in [0.15, 0.2) is 5.78 Å². The number of ketones is 1. The van der Waals surface area contributed by atoms with Gasteiger partial charge < -0.3 is 9.97 Å². The molecule has 3 heterocycles. The fourth-order valence-corrected chi connectivity index (χ4v) is 3.40. The fraction of sp³-hybridized carbons (Fsp3) is 0. The molecular weight excluding hydrogens is 390 g/mol. The van der Waals surface area contributed by atoms with E-state index in [9.17, 15) is 9.59 Å². The highest BCUT2D eigenvalue weighted by Gasteiger charge is 2.11. The van der Waals surface area contributed by atoms with Gasteiger partial charge >= 0.3 is 5.69 Å². The summed E-state index contributed by atoms with van der Waals surface area (Å²) in [5.74, 6) is -0.169. The molecule has 0 spiro atoms. The maximum Gasteiger partial charge on any atom is 0.323 e. The molecule has 5 rings (SSSR count). The van der Waals surface area contributed by atoms with E-state index in [1.165, 1.54) is 6.08 Å². The first-order chi connectivity index (χ1) is 15.2. The highest BCUT2D eigenvalue weighted by molar-refractivity contribution is 6.08. The lowest BCUT2D eigenvalue weighted by Crippen LogP contribution is -1.99. The number of carbonyl (C=O) groups excluding carboxylic acids is 1. The summed E-state index contributed by atoms with van der Waals surface area (Å²) < 4.78 is 1.79. The molecule has 0 saturated carbocycles. The molecule has 3 aromatic heterocycles. The number of fused-ring (bicyclic) bond motifs is 1. The summed E-state index contributed by atoms with van der Waals surface area (Å²) in [5, 5.41) is 4.73. The SMILES string of the molecule is O=C(/C=C/c1cn(-c2ccccc2)nc1-c1ccncc1)c1ccc2[nH]c(=O)[nH]c2c1. The third-order valence-electron chi connectivity index (χ3n) is 4.93. The molecule has 0 amide bonds. The third kappa shape index (κ3) is 3.72. The smallest absolute Gasteiger partial charge is 0.306 e. The first-order valence-corrected chi connectivity index (χ1v) is 9.67. The van der Waals surface area contributed by atoms with Gasteiger partial charge in [0.1, 0.15) is 5.69 Å². The van der Waals surface area contributed by atoms with Crippen molar-refractivity contribution in [3.8, 4) is 16.9 Å². The Kier molecular flexibility index (Phi) is 4.61. The van der Waals surface area contributed by atoms with Crippen LogP contribution in [0.15, 0.2) is 90.1 Å². The van der Waals surface area contributed by atoms with Crippen molar-refractivity contribution in [1.29, 1.82) is 0 Å². The highest BCUT2D eigenvalue weighted by Crippen LogP contribution is 2.24. The predicted octanol–water partition coefficient (Wildman–Crippen LogP) is 4.00. The van der Waals surface area contributed by atoms with Crippen LogP contribution >= 0.6 is 0 Å². The Bertz CT molecular complexity index is 1460. The van der Waals surface area contributed by atoms with E-state index in [1.54, 1.807) is 41.4 Å². The van der Waals surface area contributed by atoms with Crippen molar-refractivity contribution < 1.29 is 4.79 Å². The molecule has 0 atom stereocenters. The summed E-state index contributed by atoms with van der Waals surface area (Å²) in [5.41, 5.74) is 4.83. The van der Waals surface area contributed by atoms with Crippen LogP contribution in [0.3, 0.4) is 0 Å². The molecule has 31 heavy (non-hydrogen) atoms. The lowest BCUT2D eigenvalue weighted by Gasteiger charge is -2.00. The maximum absolute atomic E-state index is 12.8. The summed E-state index contributed by atoms with van der Waals surface area (Å²) in [6, 6.07) is 18.6. The Hall–Kier alpha value is -4.52. The van der Waals surface area contributed by atoms with E-state index in [0.717, 1.165) is 22.5 Å². The average molecular weight is 407 g/mol. The molecule has 150 valence electrons. The van der Waals surface area contributed by atoms with Gasteiger partial charge in [-0.15, -0.1) is 0 Å². The van der Waals surface area contributed by atoms with Crippen LogP contribution < -0.4 is 5.69 Å². The molecule has 0 unspecified atom stereocenters. The van der Waals surface area contributed by atoms with Crippen molar-refractivity contribution in [1.82, 2.24) is 24.7 Å². The van der Waals surface area contributed by atoms with Crippen LogP contribution in [0.25, 0.3) is 34.1 Å². The van der Waals surface area contributed by atoms with Gasteiger partial charge in [-0.05, 0) is 54.6 Å². The van der Waals surface area contributed by atoms with Crippen molar-refractivity contribution >= 4 is 22.9 Å². The summed E-state index contributed by atoms with van der Waals surface area (Å²) in [4.78, 5) is 33.6. The summed E-state index contributed by atoms with van der Waals surface area (Å²) >= 11 is 0. The van der Waals surface area contributed by atoms with E-state index in [0.29, 0.717) is 16.6 Å². The predicted molar refractivity (Wildman–Crippen MR) is 119 cm³/mol. The van der Waals surface area contributed by atoms with Gasteiger partial charge in [-0.25, -0.2) is 9.48 Å². The number of hydrogen-bond donors (Lipinski definition) is 2. The normalized spacial score (nSPS) is 11.4. The van der Waals surface area contributed by atoms with Crippen LogP contribution in [0.4, 0.5) is 0 Å². The second-order valence-electron chi connectivity index (χ2n) is 6.99. The molecule has 2 aromatic carbocycles. The zero-order chi connectivity index (χ0) is 21.2. The Balaban J connectivity index is 1.52. The number of nitrogens with one attached hydrogen (secondary N) is 2. The van der Waals surface area contributed by atoms with Crippen molar-refractivity contribution in [2.75, 3.05) is 0 Å². The largest absolute Gasteiger partial charge is 0.323 e. The number of imidazole rings is 1. The molecule has 7 heteroatoms. The van der Waals surface area contributed by atoms with E-state index in [4.69, 9.17) is 5.10 Å². The van der Waals surface area contributed by atoms with Gasteiger partial charge in [0, 0.05) is 35.3 Å². The van der Waals surface area contributed by atoms with Gasteiger partial charge in [-0.3, -0.25) is 9.78 Å². The topological polar surface area (TPSA) is 96.4 Å². The minimum Gasteiger partial charge on any atom is -0.306 e. The number of benzene rings is 2. The van der Waals surface area contributed by atoms with Crippen molar-refractivity contribution in [3.63, 3.8) is 0 Å². The molecule has 7 nitrogen and oxygen atoms in total. The molecule has 0 aliphatic rings. The van der Waals surface area contributed by atoms with Gasteiger partial charge in [0.2, 0.25) is 0 Å². The molecule has 0 aliphatic heterocycles. The van der Waals surface area contributed by atoms with E-state index in [1.807, 2.05) is 48.7 Å². The quantitative estimate of drug-likeness (QED) is 0.340. The lowest BCUT2D eigenvalue weighted by molar-refractivity contribution is 0.104. The Morgan fingerprint density at radius 1 is 0.935 bits per heavy atom. The monoisotopic (exact) mass is 407 g/mol. The minimum atomic E-state index is -0.301. The second-order valence-corrected chi connectivity index (χ2v) is 6.99. The molecule has 0 aliphatic carbocycles. The molecule has 2 N–H and O–H groups in total. The summed E-state index contributed by atoms with van der Waals surface area (Å²) in [6.07, 6.45) is 8.59. The number of carbonyl (C=O) groups is 1. The van der Waals surface area contributed by atoms with E-state index < -0.39 is 0 Å². The number of nitrogens with zero attached hydrogens (tertiary/aromatic N) is 3. The summed E-state index contributed by atoms with van der Waals surface area (Å²) in [7, 11) is 0. The van der Waals surface area contributed by atoms with Crippen molar-refractivity contribution in [2.24, 2.45) is 0 Å². The number of rotatable bonds is 5. The number of allylic oxidation sites excluding steroid dienone is 1. The number of H-pyrrole nitrogens is 2. The van der Waals surface area contributed by atoms with Gasteiger partial charge in [0.05, 0.1) is 16.7 Å². The number of aromatic amines is 2. The molecule has 0 fully saturated rings. The highest BCUT2D eigenvalue weighted by atomic mass is 16.1. The molecule has 0 saturated heterocycles. The zero-order valence-corrected chi connectivity index (χ0v) is 16.3. The van der Waals surface area contributed by atoms with Crippen LogP contribution in [0.5, 0.6) is 0 Å². The maximum atomic E-state index is 12.8. The van der Waals surface area contributed by atoms with E-state index >= 15 is 0 Å². The van der Waals surface area contributed by atoms with Crippen LogP contribution in [0, 0.1) is 0 Å². The Morgan fingerprint density at radius 2 is 1.71 bits per heavy atom. The number of pyridine rings is 1. The van der Waals surface area contributed by atoms with Crippen molar-refractivity contribution in [2.45, 2.75) is 0 Å². The number of hydrogen-bond acceptors (Lipinski definition) is 4.